The van der Waals surface area contributed by atoms with Gasteiger partial charge in [0.15, 0.2) is 5.78 Å². The first-order chi connectivity index (χ1) is 6.38. The average Bonchev–Trinajstić information content (AvgIpc) is 2.46. The summed E-state index contributed by atoms with van der Waals surface area (Å²) < 4.78 is 36.3. The third-order valence-electron chi connectivity index (χ3n) is 1.52. The van der Waals surface area contributed by atoms with Gasteiger partial charge in [0.2, 0.25) is 0 Å². The lowest BCUT2D eigenvalue weighted by molar-refractivity contribution is -0.133. The number of hydrogen-bond donors (Lipinski definition) is 0. The Morgan fingerprint density at radius 1 is 1.50 bits per heavy atom. The van der Waals surface area contributed by atoms with E-state index in [9.17, 15) is 18.0 Å². The van der Waals surface area contributed by atoms with Crippen molar-refractivity contribution in [2.75, 3.05) is 0 Å². The topological polar surface area (TPSA) is 17.1 Å². The number of hydrogen-bond acceptors (Lipinski definition) is 2. The van der Waals surface area contributed by atoms with E-state index < -0.39 is 24.8 Å². The van der Waals surface area contributed by atoms with Crippen LogP contribution in [0.15, 0.2) is 11.4 Å². The van der Waals surface area contributed by atoms with Gasteiger partial charge in [0.25, 0.3) is 0 Å². The average molecular weight is 334 g/mol. The van der Waals surface area contributed by atoms with Crippen molar-refractivity contribution >= 4 is 39.7 Å². The minimum absolute atomic E-state index is 0.378. The monoisotopic (exact) mass is 334 g/mol. The van der Waals surface area contributed by atoms with Crippen molar-refractivity contribution < 1.29 is 18.0 Å². The first kappa shape index (κ1) is 12.0. The Hall–Kier alpha value is -0.110. The van der Waals surface area contributed by atoms with Crippen molar-refractivity contribution in [1.29, 1.82) is 0 Å². The number of Topliss-reactive ketones (excluding diaryl/α,β-unsaturated/α-hetero) is 1. The first-order valence-corrected chi connectivity index (χ1v) is 5.68. The Morgan fingerprint density at radius 2 is 2.14 bits per heavy atom. The maximum Gasteiger partial charge on any atom is 0.389 e. The fourth-order valence-corrected chi connectivity index (χ4v) is 2.21. The molecule has 0 bridgehead atoms. The molecule has 0 saturated carbocycles. The van der Waals surface area contributed by atoms with Crippen LogP contribution in [0.25, 0.3) is 0 Å². The second kappa shape index (κ2) is 4.61. The molecule has 0 unspecified atom stereocenters. The normalized spacial score (nSPS) is 11.7. The van der Waals surface area contributed by atoms with Crippen LogP contribution in [-0.4, -0.2) is 12.0 Å². The zero-order chi connectivity index (χ0) is 10.8. The highest BCUT2D eigenvalue weighted by Crippen LogP contribution is 2.24. The lowest BCUT2D eigenvalue weighted by Crippen LogP contribution is -2.10. The molecule has 0 aliphatic heterocycles. The van der Waals surface area contributed by atoms with E-state index >= 15 is 0 Å². The highest BCUT2D eigenvalue weighted by Gasteiger charge is 2.28. The molecule has 1 heterocycles. The molecule has 0 fully saturated rings. The molecule has 0 aliphatic carbocycles. The minimum Gasteiger partial charge on any atom is -0.294 e. The van der Waals surface area contributed by atoms with Crippen LogP contribution in [0, 0.1) is 2.88 Å². The van der Waals surface area contributed by atoms with E-state index in [2.05, 4.69) is 0 Å². The molecule has 14 heavy (non-hydrogen) atoms. The molecular formula is C8H6F3IOS. The smallest absolute Gasteiger partial charge is 0.294 e. The van der Waals surface area contributed by atoms with Gasteiger partial charge in [-0.3, -0.25) is 4.79 Å². The molecule has 0 atom stereocenters. The van der Waals surface area contributed by atoms with Crippen molar-refractivity contribution in [3.8, 4) is 0 Å². The van der Waals surface area contributed by atoms with Crippen molar-refractivity contribution in [2.24, 2.45) is 0 Å². The molecule has 0 saturated heterocycles. The Balaban J connectivity index is 2.52. The third kappa shape index (κ3) is 3.95. The zero-order valence-electron chi connectivity index (χ0n) is 6.90. The largest absolute Gasteiger partial charge is 0.389 e. The molecule has 0 aliphatic rings. The number of thiophene rings is 1. The summed E-state index contributed by atoms with van der Waals surface area (Å²) >= 11 is 3.37. The van der Waals surface area contributed by atoms with Crippen LogP contribution in [0.4, 0.5) is 13.2 Å². The van der Waals surface area contributed by atoms with Crippen molar-refractivity contribution in [1.82, 2.24) is 0 Å². The summed E-state index contributed by atoms with van der Waals surface area (Å²) in [4.78, 5) is 11.2. The van der Waals surface area contributed by atoms with E-state index in [1.54, 1.807) is 11.4 Å². The molecule has 0 radical (unpaired) electrons. The van der Waals surface area contributed by atoms with Gasteiger partial charge >= 0.3 is 6.18 Å². The maximum absolute atomic E-state index is 11.8. The van der Waals surface area contributed by atoms with Crippen molar-refractivity contribution in [2.45, 2.75) is 19.0 Å². The van der Waals surface area contributed by atoms with Crippen LogP contribution in [0.5, 0.6) is 0 Å². The second-order valence-corrected chi connectivity index (χ2v) is 5.48. The van der Waals surface area contributed by atoms with Crippen LogP contribution in [-0.2, 0) is 0 Å². The van der Waals surface area contributed by atoms with E-state index in [-0.39, 0.29) is 0 Å². The van der Waals surface area contributed by atoms with Gasteiger partial charge in [-0.25, -0.2) is 0 Å². The minimum atomic E-state index is -4.25. The molecule has 0 amide bonds. The van der Waals surface area contributed by atoms with E-state index in [0.717, 1.165) is 2.88 Å². The van der Waals surface area contributed by atoms with Gasteiger partial charge in [0, 0.05) is 17.4 Å². The summed E-state index contributed by atoms with van der Waals surface area (Å²) in [6.07, 6.45) is -5.76. The summed E-state index contributed by atoms with van der Waals surface area (Å²) in [6, 6.07) is 1.60. The molecular weight excluding hydrogens is 328 g/mol. The summed E-state index contributed by atoms with van der Waals surface area (Å²) in [7, 11) is 0. The van der Waals surface area contributed by atoms with E-state index in [4.69, 9.17) is 0 Å². The molecule has 1 nitrogen and oxygen atoms in total. The molecule has 1 aromatic heterocycles. The molecule has 6 heteroatoms. The summed E-state index contributed by atoms with van der Waals surface area (Å²) in [5.41, 5.74) is 0.378. The van der Waals surface area contributed by atoms with Crippen LogP contribution in [0.3, 0.4) is 0 Å². The molecule has 78 valence electrons. The Labute approximate surface area is 96.5 Å². The first-order valence-electron chi connectivity index (χ1n) is 3.72. The van der Waals surface area contributed by atoms with Crippen molar-refractivity contribution in [3.63, 3.8) is 0 Å². The lowest BCUT2D eigenvalue weighted by Gasteiger charge is -2.03. The fraction of sp³-hybridized carbons (Fsp3) is 0.375. The number of alkyl halides is 3. The Morgan fingerprint density at radius 3 is 2.57 bits per heavy atom. The van der Waals surface area contributed by atoms with Crippen molar-refractivity contribution in [3.05, 3.63) is 19.9 Å². The number of halogens is 4. The standard InChI is InChI=1S/C8H6F3IOS/c9-8(10,11)2-1-6(13)5-3-7(12)14-4-5/h3-4H,1-2H2. The highest BCUT2D eigenvalue weighted by atomic mass is 127. The maximum atomic E-state index is 11.8. The van der Waals surface area contributed by atoms with Crippen LogP contribution in [0.1, 0.15) is 23.2 Å². The SMILES string of the molecule is O=C(CCC(F)(F)F)c1csc(I)c1. The number of ketones is 1. The third-order valence-corrected chi connectivity index (χ3v) is 3.31. The number of carbonyl (C=O) groups excluding carboxylic acids is 1. The Bertz CT molecular complexity index is 332. The van der Waals surface area contributed by atoms with E-state index in [1.807, 2.05) is 22.6 Å². The molecule has 1 rings (SSSR count). The van der Waals surface area contributed by atoms with E-state index in [0.29, 0.717) is 5.56 Å². The summed E-state index contributed by atoms with van der Waals surface area (Å²) in [6.45, 7) is 0. The van der Waals surface area contributed by atoms with Gasteiger partial charge in [-0.05, 0) is 28.7 Å². The quantitative estimate of drug-likeness (QED) is 0.606. The summed E-state index contributed by atoms with van der Waals surface area (Å²) in [5, 5.41) is 1.58. The van der Waals surface area contributed by atoms with Gasteiger partial charge < -0.3 is 0 Å². The molecule has 0 aromatic carbocycles. The van der Waals surface area contributed by atoms with Crippen LogP contribution < -0.4 is 0 Å². The second-order valence-electron chi connectivity index (χ2n) is 2.68. The molecule has 1 aromatic rings. The lowest BCUT2D eigenvalue weighted by atomic mass is 10.1. The van der Waals surface area contributed by atoms with Gasteiger partial charge in [-0.15, -0.1) is 11.3 Å². The Kier molecular flexibility index (Phi) is 3.94. The predicted molar refractivity (Wildman–Crippen MR) is 56.7 cm³/mol. The number of carbonyl (C=O) groups is 1. The molecule has 0 N–H and O–H groups in total. The van der Waals surface area contributed by atoms with E-state index in [1.165, 1.54) is 11.3 Å². The van der Waals surface area contributed by atoms with Gasteiger partial charge in [0.1, 0.15) is 0 Å². The summed E-state index contributed by atoms with van der Waals surface area (Å²) in [5.74, 6) is -0.443. The number of rotatable bonds is 3. The predicted octanol–water partition coefficient (Wildman–Crippen LogP) is 3.88. The van der Waals surface area contributed by atoms with Crippen LogP contribution >= 0.6 is 33.9 Å². The van der Waals surface area contributed by atoms with Gasteiger partial charge in [-0.2, -0.15) is 13.2 Å². The fourth-order valence-electron chi connectivity index (χ4n) is 0.856. The highest BCUT2D eigenvalue weighted by molar-refractivity contribution is 14.1. The van der Waals surface area contributed by atoms with Crippen LogP contribution in [0.2, 0.25) is 0 Å². The van der Waals surface area contributed by atoms with Gasteiger partial charge in [0.05, 0.1) is 9.30 Å². The zero-order valence-corrected chi connectivity index (χ0v) is 9.87. The molecule has 0 spiro atoms. The van der Waals surface area contributed by atoms with Gasteiger partial charge in [-0.1, -0.05) is 0 Å².